The normalized spacial score (nSPS) is 25.7. The van der Waals surface area contributed by atoms with Crippen molar-refractivity contribution in [2.75, 3.05) is 25.2 Å². The van der Waals surface area contributed by atoms with E-state index in [0.717, 1.165) is 0 Å². The molecule has 4 atom stereocenters. The highest BCUT2D eigenvalue weighted by atomic mass is 35.5. The van der Waals surface area contributed by atoms with Gasteiger partial charge in [0.25, 0.3) is 0 Å². The van der Waals surface area contributed by atoms with Crippen LogP contribution in [0.5, 0.6) is 0 Å². The van der Waals surface area contributed by atoms with E-state index in [4.69, 9.17) is 16.3 Å². The van der Waals surface area contributed by atoms with Gasteiger partial charge >= 0.3 is 0 Å². The molecule has 6 nitrogen and oxygen atoms in total. The molecule has 0 bridgehead atoms. The second-order valence-corrected chi connectivity index (χ2v) is 8.53. The molecule has 2 aromatic rings. The van der Waals surface area contributed by atoms with Gasteiger partial charge in [0.1, 0.15) is 11.9 Å². The fraction of sp³-hybridized carbons (Fsp3) is 0.292. The highest BCUT2D eigenvalue weighted by molar-refractivity contribution is 6.34. The van der Waals surface area contributed by atoms with Crippen molar-refractivity contribution in [1.29, 1.82) is 0 Å². The number of amides is 2. The predicted octanol–water partition coefficient (Wildman–Crippen LogP) is 3.19. The van der Waals surface area contributed by atoms with Gasteiger partial charge in [0.2, 0.25) is 11.8 Å². The number of ether oxygens (including phenoxy) is 1. The second-order valence-electron chi connectivity index (χ2n) is 8.12. The molecule has 3 aliphatic rings. The summed E-state index contributed by atoms with van der Waals surface area (Å²) in [5.74, 6) is -3.05. The lowest BCUT2D eigenvalue weighted by Gasteiger charge is -2.36. The van der Waals surface area contributed by atoms with Crippen molar-refractivity contribution in [3.05, 3.63) is 70.5 Å². The molecule has 164 valence electrons. The van der Waals surface area contributed by atoms with Crippen LogP contribution >= 0.6 is 11.6 Å². The van der Waals surface area contributed by atoms with E-state index in [1.54, 1.807) is 47.4 Å². The number of nitrogens with zero attached hydrogens (tertiary/aromatic N) is 2. The molecular weight excluding hydrogens is 435 g/mol. The first-order valence-electron chi connectivity index (χ1n) is 10.3. The maximum Gasteiger partial charge on any atom is 0.235 e. The fourth-order valence-corrected chi connectivity index (χ4v) is 5.36. The number of halogens is 2. The summed E-state index contributed by atoms with van der Waals surface area (Å²) in [6, 6.07) is 9.49. The molecule has 0 radical (unpaired) electrons. The van der Waals surface area contributed by atoms with Gasteiger partial charge in [-0.15, -0.1) is 0 Å². The van der Waals surface area contributed by atoms with Crippen LogP contribution in [0.25, 0.3) is 6.08 Å². The maximum atomic E-state index is 13.9. The first kappa shape index (κ1) is 20.8. The van der Waals surface area contributed by atoms with Crippen LogP contribution in [0.4, 0.5) is 10.1 Å². The Morgan fingerprint density at radius 1 is 1.12 bits per heavy atom. The zero-order chi connectivity index (χ0) is 22.6. The van der Waals surface area contributed by atoms with E-state index in [2.05, 4.69) is 0 Å². The third kappa shape index (κ3) is 2.99. The highest BCUT2D eigenvalue weighted by Gasteiger charge is 2.63. The Balaban J connectivity index is 1.64. The molecule has 3 aliphatic heterocycles. The van der Waals surface area contributed by atoms with E-state index in [1.165, 1.54) is 24.1 Å². The molecule has 0 spiro atoms. The number of likely N-dealkylation sites (tertiary alicyclic amines) is 1. The van der Waals surface area contributed by atoms with Crippen molar-refractivity contribution < 1.29 is 23.5 Å². The molecule has 5 rings (SSSR count). The average Bonchev–Trinajstić information content (AvgIpc) is 3.25. The number of anilines is 1. The third-order valence-corrected chi connectivity index (χ3v) is 6.82. The van der Waals surface area contributed by atoms with Gasteiger partial charge in [-0.05, 0) is 30.3 Å². The molecule has 0 aromatic heterocycles. The van der Waals surface area contributed by atoms with Crippen molar-refractivity contribution >= 4 is 41.0 Å². The average molecular weight is 455 g/mol. The summed E-state index contributed by atoms with van der Waals surface area (Å²) in [7, 11) is 1.50. The molecule has 32 heavy (non-hydrogen) atoms. The number of fused-ring (bicyclic) bond motifs is 5. The Kier molecular flexibility index (Phi) is 5.10. The topological polar surface area (TPSA) is 66.9 Å². The number of Topliss-reactive ketones (excluding diaryl/α,β-unsaturated/α-hetero) is 1. The van der Waals surface area contributed by atoms with Crippen molar-refractivity contribution in [3.8, 4) is 0 Å². The zero-order valence-corrected chi connectivity index (χ0v) is 18.0. The Morgan fingerprint density at radius 3 is 2.62 bits per heavy atom. The van der Waals surface area contributed by atoms with Crippen LogP contribution in [0.2, 0.25) is 5.02 Å². The SMILES string of the molecule is COCCN1C(=O)C2C(C1=O)C(C(=O)c1ccccc1Cl)N1c3ccc(F)cc3C=CC21. The molecule has 0 saturated carbocycles. The summed E-state index contributed by atoms with van der Waals surface area (Å²) in [4.78, 5) is 43.5. The number of methoxy groups -OCH3 is 1. The molecule has 2 amide bonds. The summed E-state index contributed by atoms with van der Waals surface area (Å²) in [6.45, 7) is 0.346. The van der Waals surface area contributed by atoms with Gasteiger partial charge in [-0.25, -0.2) is 4.39 Å². The van der Waals surface area contributed by atoms with Crippen LogP contribution in [0, 0.1) is 17.7 Å². The maximum absolute atomic E-state index is 13.9. The molecule has 4 unspecified atom stereocenters. The van der Waals surface area contributed by atoms with Gasteiger partial charge in [0, 0.05) is 23.9 Å². The van der Waals surface area contributed by atoms with Crippen molar-refractivity contribution in [2.24, 2.45) is 11.8 Å². The van der Waals surface area contributed by atoms with Gasteiger partial charge in [-0.1, -0.05) is 35.9 Å². The summed E-state index contributed by atoms with van der Waals surface area (Å²) >= 11 is 6.32. The van der Waals surface area contributed by atoms with E-state index in [0.29, 0.717) is 11.3 Å². The van der Waals surface area contributed by atoms with E-state index in [1.807, 2.05) is 0 Å². The number of hydrogen-bond donors (Lipinski definition) is 0. The minimum atomic E-state index is -0.942. The quantitative estimate of drug-likeness (QED) is 0.512. The lowest BCUT2D eigenvalue weighted by Crippen LogP contribution is -2.49. The largest absolute Gasteiger partial charge is 0.383 e. The highest BCUT2D eigenvalue weighted by Crippen LogP contribution is 2.49. The van der Waals surface area contributed by atoms with Crippen LogP contribution in [0.15, 0.2) is 48.5 Å². The molecule has 3 heterocycles. The van der Waals surface area contributed by atoms with Crippen LogP contribution < -0.4 is 4.90 Å². The van der Waals surface area contributed by atoms with Crippen molar-refractivity contribution in [3.63, 3.8) is 0 Å². The van der Waals surface area contributed by atoms with Crippen molar-refractivity contribution in [2.45, 2.75) is 12.1 Å². The number of ketones is 1. The van der Waals surface area contributed by atoms with Crippen LogP contribution in [-0.2, 0) is 14.3 Å². The smallest absolute Gasteiger partial charge is 0.235 e. The van der Waals surface area contributed by atoms with Crippen LogP contribution in [-0.4, -0.2) is 54.8 Å². The second kappa shape index (κ2) is 7.83. The predicted molar refractivity (Wildman–Crippen MR) is 117 cm³/mol. The Labute approximate surface area is 189 Å². The number of carbonyl (C=O) groups excluding carboxylic acids is 3. The standard InChI is InChI=1S/C24H20ClFN2O4/c1-32-11-10-27-23(30)19-18-8-6-13-12-14(26)7-9-17(13)28(18)21(20(19)24(27)31)22(29)15-4-2-3-5-16(15)25/h2-9,12,18-21H,10-11H2,1H3. The minimum Gasteiger partial charge on any atom is -0.383 e. The molecule has 0 N–H and O–H groups in total. The summed E-state index contributed by atoms with van der Waals surface area (Å²) < 4.78 is 18.9. The van der Waals surface area contributed by atoms with Crippen LogP contribution in [0.3, 0.4) is 0 Å². The van der Waals surface area contributed by atoms with Gasteiger partial charge in [-0.3, -0.25) is 19.3 Å². The van der Waals surface area contributed by atoms with Crippen LogP contribution in [0.1, 0.15) is 15.9 Å². The first-order valence-corrected chi connectivity index (χ1v) is 10.7. The Hall–Kier alpha value is -3.03. The molecule has 2 aromatic carbocycles. The summed E-state index contributed by atoms with van der Waals surface area (Å²) in [6.07, 6.45) is 3.53. The van der Waals surface area contributed by atoms with Crippen molar-refractivity contribution in [1.82, 2.24) is 4.90 Å². The lowest BCUT2D eigenvalue weighted by molar-refractivity contribution is -0.141. The van der Waals surface area contributed by atoms with E-state index >= 15 is 0 Å². The number of imide groups is 1. The number of hydrogen-bond acceptors (Lipinski definition) is 5. The van der Waals surface area contributed by atoms with Gasteiger partial charge in [0.05, 0.1) is 36.1 Å². The fourth-order valence-electron chi connectivity index (χ4n) is 5.13. The molecule has 2 saturated heterocycles. The zero-order valence-electron chi connectivity index (χ0n) is 17.2. The Morgan fingerprint density at radius 2 is 1.88 bits per heavy atom. The summed E-state index contributed by atoms with van der Waals surface area (Å²) in [5.41, 5.74) is 1.49. The van der Waals surface area contributed by atoms with Gasteiger partial charge in [-0.2, -0.15) is 0 Å². The number of benzene rings is 2. The third-order valence-electron chi connectivity index (χ3n) is 6.49. The molecule has 0 aliphatic carbocycles. The Bertz CT molecular complexity index is 1170. The monoisotopic (exact) mass is 454 g/mol. The minimum absolute atomic E-state index is 0.131. The van der Waals surface area contributed by atoms with E-state index in [-0.39, 0.29) is 35.4 Å². The van der Waals surface area contributed by atoms with Gasteiger partial charge < -0.3 is 9.64 Å². The van der Waals surface area contributed by atoms with Gasteiger partial charge in [0.15, 0.2) is 5.78 Å². The lowest BCUT2D eigenvalue weighted by atomic mass is 9.86. The number of carbonyl (C=O) groups is 3. The molecule has 8 heteroatoms. The summed E-state index contributed by atoms with van der Waals surface area (Å²) in [5, 5.41) is 0.275. The molecule has 2 fully saturated rings. The van der Waals surface area contributed by atoms with E-state index < -0.39 is 35.6 Å². The number of rotatable bonds is 5. The molecular formula is C24H20ClFN2O4. The van der Waals surface area contributed by atoms with E-state index in [9.17, 15) is 18.8 Å². The first-order chi connectivity index (χ1) is 15.4.